The van der Waals surface area contributed by atoms with E-state index in [4.69, 9.17) is 0 Å². The largest absolute Gasteiger partial charge is 0.337 e. The molecule has 2 aromatic heterocycles. The summed E-state index contributed by atoms with van der Waals surface area (Å²) in [7, 11) is 0. The standard InChI is InChI=1S/C7H7BrN4S/c8-7-11-10-6(13-7)1-3-12-4-2-9-5-12/h2,4-5H,1,3H2. The quantitative estimate of drug-likeness (QED) is 0.843. The van der Waals surface area contributed by atoms with Crippen LogP contribution in [0.15, 0.2) is 22.6 Å². The molecule has 0 spiro atoms. The van der Waals surface area contributed by atoms with Crippen LogP contribution in [0.3, 0.4) is 0 Å². The molecule has 0 aromatic carbocycles. The Morgan fingerprint density at radius 3 is 3.00 bits per heavy atom. The van der Waals surface area contributed by atoms with E-state index in [9.17, 15) is 0 Å². The van der Waals surface area contributed by atoms with Gasteiger partial charge in [-0.2, -0.15) is 0 Å². The predicted molar refractivity (Wildman–Crippen MR) is 53.5 cm³/mol. The lowest BCUT2D eigenvalue weighted by atomic mass is 10.4. The molecule has 2 aromatic rings. The summed E-state index contributed by atoms with van der Waals surface area (Å²) in [5.74, 6) is 0. The van der Waals surface area contributed by atoms with E-state index in [1.807, 2.05) is 10.8 Å². The molecule has 0 aliphatic carbocycles. The van der Waals surface area contributed by atoms with Crippen LogP contribution in [0.2, 0.25) is 0 Å². The van der Waals surface area contributed by atoms with Gasteiger partial charge in [0.25, 0.3) is 0 Å². The fourth-order valence-electron chi connectivity index (χ4n) is 0.978. The van der Waals surface area contributed by atoms with Crippen LogP contribution in [0.4, 0.5) is 0 Å². The zero-order valence-corrected chi connectivity index (χ0v) is 9.12. The highest BCUT2D eigenvalue weighted by atomic mass is 79.9. The van der Waals surface area contributed by atoms with Gasteiger partial charge in [0.1, 0.15) is 5.01 Å². The maximum absolute atomic E-state index is 4.00. The molecular weight excluding hydrogens is 252 g/mol. The third-order valence-electron chi connectivity index (χ3n) is 1.59. The number of hydrogen-bond donors (Lipinski definition) is 0. The van der Waals surface area contributed by atoms with E-state index in [1.54, 1.807) is 23.9 Å². The SMILES string of the molecule is Brc1nnc(CCn2ccnc2)s1. The molecule has 0 radical (unpaired) electrons. The van der Waals surface area contributed by atoms with E-state index in [2.05, 4.69) is 31.1 Å². The molecule has 0 bridgehead atoms. The van der Waals surface area contributed by atoms with Crippen LogP contribution in [0, 0.1) is 0 Å². The number of halogens is 1. The van der Waals surface area contributed by atoms with Gasteiger partial charge in [0.15, 0.2) is 3.92 Å². The number of nitrogens with zero attached hydrogens (tertiary/aromatic N) is 4. The van der Waals surface area contributed by atoms with Crippen molar-refractivity contribution >= 4 is 27.3 Å². The second kappa shape index (κ2) is 3.97. The smallest absolute Gasteiger partial charge is 0.183 e. The summed E-state index contributed by atoms with van der Waals surface area (Å²) in [6.45, 7) is 0.904. The maximum Gasteiger partial charge on any atom is 0.183 e. The summed E-state index contributed by atoms with van der Waals surface area (Å²) in [6.07, 6.45) is 6.42. The number of aromatic nitrogens is 4. The maximum atomic E-state index is 4.00. The van der Waals surface area contributed by atoms with Crippen LogP contribution in [0.25, 0.3) is 0 Å². The Morgan fingerprint density at radius 1 is 1.46 bits per heavy atom. The highest BCUT2D eigenvalue weighted by Crippen LogP contribution is 2.16. The lowest BCUT2D eigenvalue weighted by molar-refractivity contribution is 0.688. The molecule has 2 heterocycles. The molecule has 0 N–H and O–H groups in total. The summed E-state index contributed by atoms with van der Waals surface area (Å²) in [5, 5.41) is 8.92. The molecule has 0 fully saturated rings. The van der Waals surface area contributed by atoms with E-state index in [0.29, 0.717) is 0 Å². The monoisotopic (exact) mass is 258 g/mol. The fraction of sp³-hybridized carbons (Fsp3) is 0.286. The third kappa shape index (κ3) is 2.35. The number of hydrogen-bond acceptors (Lipinski definition) is 4. The number of rotatable bonds is 3. The molecule has 0 aliphatic rings. The van der Waals surface area contributed by atoms with Gasteiger partial charge in [-0.05, 0) is 15.9 Å². The van der Waals surface area contributed by atoms with Crippen molar-refractivity contribution in [3.05, 3.63) is 27.6 Å². The van der Waals surface area contributed by atoms with Crippen molar-refractivity contribution in [3.63, 3.8) is 0 Å². The highest BCUT2D eigenvalue weighted by molar-refractivity contribution is 9.11. The molecule has 0 saturated carbocycles. The van der Waals surface area contributed by atoms with E-state index in [0.717, 1.165) is 21.9 Å². The van der Waals surface area contributed by atoms with Crippen LogP contribution in [0.5, 0.6) is 0 Å². The fourth-order valence-corrected chi connectivity index (χ4v) is 2.17. The Kier molecular flexibility index (Phi) is 2.70. The van der Waals surface area contributed by atoms with Gasteiger partial charge in [0.2, 0.25) is 0 Å². The Labute approximate surface area is 87.8 Å². The molecule has 0 unspecified atom stereocenters. The summed E-state index contributed by atoms with van der Waals surface area (Å²) < 4.78 is 2.86. The van der Waals surface area contributed by atoms with Crippen molar-refractivity contribution in [2.24, 2.45) is 0 Å². The predicted octanol–water partition coefficient (Wildman–Crippen LogP) is 1.74. The Balaban J connectivity index is 1.93. The molecule has 4 nitrogen and oxygen atoms in total. The van der Waals surface area contributed by atoms with Crippen LogP contribution in [-0.4, -0.2) is 19.7 Å². The third-order valence-corrected chi connectivity index (χ3v) is 3.00. The van der Waals surface area contributed by atoms with Gasteiger partial charge in [-0.25, -0.2) is 4.98 Å². The van der Waals surface area contributed by atoms with Crippen LogP contribution in [0.1, 0.15) is 5.01 Å². The first-order valence-electron chi connectivity index (χ1n) is 3.78. The summed E-state index contributed by atoms with van der Waals surface area (Å²) in [5.41, 5.74) is 0. The topological polar surface area (TPSA) is 43.6 Å². The second-order valence-corrected chi connectivity index (χ2v) is 4.84. The average molecular weight is 259 g/mol. The number of imidazole rings is 1. The van der Waals surface area contributed by atoms with Crippen LogP contribution >= 0.6 is 27.3 Å². The van der Waals surface area contributed by atoms with Gasteiger partial charge in [0.05, 0.1) is 6.33 Å². The van der Waals surface area contributed by atoms with Gasteiger partial charge in [0, 0.05) is 25.4 Å². The lowest BCUT2D eigenvalue weighted by Gasteiger charge is -1.96. The Bertz CT molecular complexity index is 370. The van der Waals surface area contributed by atoms with Crippen molar-refractivity contribution < 1.29 is 0 Å². The zero-order valence-electron chi connectivity index (χ0n) is 6.72. The highest BCUT2D eigenvalue weighted by Gasteiger charge is 2.00. The van der Waals surface area contributed by atoms with E-state index in [-0.39, 0.29) is 0 Å². The van der Waals surface area contributed by atoms with Crippen molar-refractivity contribution in [2.45, 2.75) is 13.0 Å². The van der Waals surface area contributed by atoms with Crippen LogP contribution in [-0.2, 0) is 13.0 Å². The van der Waals surface area contributed by atoms with E-state index in [1.165, 1.54) is 0 Å². The van der Waals surface area contributed by atoms with Crippen molar-refractivity contribution in [3.8, 4) is 0 Å². The molecule has 2 rings (SSSR count). The Hall–Kier alpha value is -0.750. The van der Waals surface area contributed by atoms with Crippen molar-refractivity contribution in [1.29, 1.82) is 0 Å². The van der Waals surface area contributed by atoms with Crippen LogP contribution < -0.4 is 0 Å². The molecule has 6 heteroatoms. The first kappa shape index (κ1) is 8.83. The van der Waals surface area contributed by atoms with Crippen molar-refractivity contribution in [2.75, 3.05) is 0 Å². The molecule has 0 saturated heterocycles. The molecule has 0 aliphatic heterocycles. The number of aryl methyl sites for hydroxylation is 2. The van der Waals surface area contributed by atoms with Gasteiger partial charge < -0.3 is 4.57 Å². The van der Waals surface area contributed by atoms with Gasteiger partial charge in [-0.1, -0.05) is 11.3 Å². The first-order chi connectivity index (χ1) is 6.34. The van der Waals surface area contributed by atoms with Gasteiger partial charge in [-0.15, -0.1) is 10.2 Å². The minimum Gasteiger partial charge on any atom is -0.337 e. The van der Waals surface area contributed by atoms with E-state index < -0.39 is 0 Å². The molecule has 0 atom stereocenters. The lowest BCUT2D eigenvalue weighted by Crippen LogP contribution is -1.97. The van der Waals surface area contributed by atoms with E-state index >= 15 is 0 Å². The second-order valence-electron chi connectivity index (χ2n) is 2.50. The van der Waals surface area contributed by atoms with Crippen molar-refractivity contribution in [1.82, 2.24) is 19.7 Å². The minimum absolute atomic E-state index is 0.841. The summed E-state index contributed by atoms with van der Waals surface area (Å²) in [6, 6.07) is 0. The Morgan fingerprint density at radius 2 is 2.38 bits per heavy atom. The molecule has 0 amide bonds. The molecule has 68 valence electrons. The van der Waals surface area contributed by atoms with Gasteiger partial charge in [-0.3, -0.25) is 0 Å². The summed E-state index contributed by atoms with van der Waals surface area (Å²) >= 11 is 4.85. The summed E-state index contributed by atoms with van der Waals surface area (Å²) in [4.78, 5) is 3.96. The average Bonchev–Trinajstić information content (AvgIpc) is 2.71. The molecular formula is C7H7BrN4S. The normalized spacial score (nSPS) is 10.5. The minimum atomic E-state index is 0.841. The molecule has 13 heavy (non-hydrogen) atoms. The zero-order chi connectivity index (χ0) is 9.10. The van der Waals surface area contributed by atoms with Gasteiger partial charge >= 0.3 is 0 Å². The first-order valence-corrected chi connectivity index (χ1v) is 5.39.